The molecule has 0 atom stereocenters. The number of halogens is 2. The first-order valence-corrected chi connectivity index (χ1v) is 11.9. The SMILES string of the molecule is C=CCN(c1ccc(Cl)cc1)S(=O)(=O)c1cc(C(=O)Nc2cc(C)ccc2C)ccc1Cl. The van der Waals surface area contributed by atoms with E-state index in [1.807, 2.05) is 32.0 Å². The van der Waals surface area contributed by atoms with Gasteiger partial charge in [-0.15, -0.1) is 6.58 Å². The molecule has 1 amide bonds. The van der Waals surface area contributed by atoms with E-state index >= 15 is 0 Å². The van der Waals surface area contributed by atoms with Crippen LogP contribution in [-0.4, -0.2) is 20.9 Å². The van der Waals surface area contributed by atoms with E-state index in [4.69, 9.17) is 23.2 Å². The molecule has 0 aromatic heterocycles. The molecule has 5 nitrogen and oxygen atoms in total. The molecule has 0 heterocycles. The number of rotatable bonds is 7. The summed E-state index contributed by atoms with van der Waals surface area (Å²) >= 11 is 12.2. The van der Waals surface area contributed by atoms with Crippen molar-refractivity contribution < 1.29 is 13.2 Å². The van der Waals surface area contributed by atoms with Crippen molar-refractivity contribution >= 4 is 50.5 Å². The molecular weight excluding hydrogens is 467 g/mol. The molecule has 0 fully saturated rings. The van der Waals surface area contributed by atoms with Crippen LogP contribution in [0.5, 0.6) is 0 Å². The summed E-state index contributed by atoms with van der Waals surface area (Å²) in [5.41, 5.74) is 3.11. The van der Waals surface area contributed by atoms with E-state index in [0.29, 0.717) is 16.4 Å². The number of amides is 1. The molecule has 1 N–H and O–H groups in total. The normalized spacial score (nSPS) is 11.1. The molecule has 0 saturated heterocycles. The summed E-state index contributed by atoms with van der Waals surface area (Å²) < 4.78 is 28.1. The van der Waals surface area contributed by atoms with Crippen LogP contribution in [0.25, 0.3) is 0 Å². The molecule has 0 aliphatic carbocycles. The highest BCUT2D eigenvalue weighted by molar-refractivity contribution is 7.93. The summed E-state index contributed by atoms with van der Waals surface area (Å²) in [4.78, 5) is 12.7. The van der Waals surface area contributed by atoms with Gasteiger partial charge >= 0.3 is 0 Å². The minimum Gasteiger partial charge on any atom is -0.322 e. The van der Waals surface area contributed by atoms with Crippen LogP contribution in [0, 0.1) is 13.8 Å². The van der Waals surface area contributed by atoms with Crippen LogP contribution >= 0.6 is 23.2 Å². The first-order valence-electron chi connectivity index (χ1n) is 9.71. The molecule has 0 unspecified atom stereocenters. The summed E-state index contributed by atoms with van der Waals surface area (Å²) in [6.07, 6.45) is 1.47. The Balaban J connectivity index is 2.00. The molecule has 0 bridgehead atoms. The predicted octanol–water partition coefficient (Wildman–Crippen LogP) is 6.24. The lowest BCUT2D eigenvalue weighted by Crippen LogP contribution is -2.31. The quantitative estimate of drug-likeness (QED) is 0.400. The third kappa shape index (κ3) is 5.15. The lowest BCUT2D eigenvalue weighted by Gasteiger charge is -2.24. The fourth-order valence-electron chi connectivity index (χ4n) is 3.09. The zero-order valence-corrected chi connectivity index (χ0v) is 19.9. The zero-order chi connectivity index (χ0) is 23.5. The Morgan fingerprint density at radius 3 is 2.38 bits per heavy atom. The standard InChI is InChI=1S/C24H22Cl2N2O3S/c1-4-13-28(20-10-8-19(25)9-11-20)32(30,31)23-15-18(7-12-21(23)26)24(29)27-22-14-16(2)5-6-17(22)3/h4-12,14-15H,1,13H2,2-3H3,(H,27,29). The Morgan fingerprint density at radius 1 is 1.03 bits per heavy atom. The summed E-state index contributed by atoms with van der Waals surface area (Å²) in [7, 11) is -4.10. The number of hydrogen-bond acceptors (Lipinski definition) is 3. The van der Waals surface area contributed by atoms with Crippen LogP contribution in [0.3, 0.4) is 0 Å². The second kappa shape index (κ2) is 9.77. The summed E-state index contributed by atoms with van der Waals surface area (Å²) in [5.74, 6) is -0.436. The van der Waals surface area contributed by atoms with E-state index < -0.39 is 15.9 Å². The largest absolute Gasteiger partial charge is 0.322 e. The molecule has 0 saturated carbocycles. The maximum absolute atomic E-state index is 13.5. The van der Waals surface area contributed by atoms with Gasteiger partial charge in [0.1, 0.15) is 4.90 Å². The summed E-state index contributed by atoms with van der Waals surface area (Å²) in [6.45, 7) is 7.47. The highest BCUT2D eigenvalue weighted by Gasteiger charge is 2.27. The van der Waals surface area contributed by atoms with Gasteiger partial charge in [0.25, 0.3) is 15.9 Å². The molecular formula is C24H22Cl2N2O3S. The Morgan fingerprint density at radius 2 is 1.72 bits per heavy atom. The van der Waals surface area contributed by atoms with Crippen molar-refractivity contribution in [3.8, 4) is 0 Å². The maximum atomic E-state index is 13.5. The molecule has 166 valence electrons. The average molecular weight is 489 g/mol. The van der Waals surface area contributed by atoms with Crippen LogP contribution in [0.15, 0.2) is 78.2 Å². The molecule has 0 spiro atoms. The van der Waals surface area contributed by atoms with Gasteiger partial charge in [0, 0.05) is 16.3 Å². The van der Waals surface area contributed by atoms with Crippen molar-refractivity contribution in [2.45, 2.75) is 18.7 Å². The second-order valence-electron chi connectivity index (χ2n) is 7.22. The first-order chi connectivity index (χ1) is 15.1. The average Bonchev–Trinajstić information content (AvgIpc) is 2.75. The van der Waals surface area contributed by atoms with E-state index in [9.17, 15) is 13.2 Å². The number of aryl methyl sites for hydroxylation is 2. The molecule has 32 heavy (non-hydrogen) atoms. The maximum Gasteiger partial charge on any atom is 0.266 e. The molecule has 0 radical (unpaired) electrons. The molecule has 3 aromatic carbocycles. The Labute approximate surface area is 198 Å². The monoisotopic (exact) mass is 488 g/mol. The Bertz CT molecular complexity index is 1270. The number of carbonyl (C=O) groups is 1. The highest BCUT2D eigenvalue weighted by atomic mass is 35.5. The van der Waals surface area contributed by atoms with Gasteiger partial charge in [-0.25, -0.2) is 8.42 Å². The number of nitrogens with zero attached hydrogens (tertiary/aromatic N) is 1. The minimum absolute atomic E-state index is 0.0105. The van der Waals surface area contributed by atoms with Crippen LogP contribution < -0.4 is 9.62 Å². The van der Waals surface area contributed by atoms with E-state index in [2.05, 4.69) is 11.9 Å². The molecule has 3 aromatic rings. The van der Waals surface area contributed by atoms with Gasteiger partial charge in [-0.05, 0) is 73.5 Å². The first kappa shape index (κ1) is 23.9. The lowest BCUT2D eigenvalue weighted by atomic mass is 10.1. The van der Waals surface area contributed by atoms with Crippen molar-refractivity contribution in [1.82, 2.24) is 0 Å². The lowest BCUT2D eigenvalue weighted by molar-refractivity contribution is 0.102. The predicted molar refractivity (Wildman–Crippen MR) is 132 cm³/mol. The van der Waals surface area contributed by atoms with Gasteiger partial charge < -0.3 is 5.32 Å². The number of hydrogen-bond donors (Lipinski definition) is 1. The molecule has 0 aliphatic rings. The third-order valence-electron chi connectivity index (χ3n) is 4.81. The number of carbonyl (C=O) groups excluding carboxylic acids is 1. The molecule has 0 aliphatic heterocycles. The van der Waals surface area contributed by atoms with E-state index in [-0.39, 0.29) is 22.0 Å². The minimum atomic E-state index is -4.10. The summed E-state index contributed by atoms with van der Waals surface area (Å²) in [6, 6.07) is 16.3. The topological polar surface area (TPSA) is 66.5 Å². The van der Waals surface area contributed by atoms with Gasteiger partial charge in [0.2, 0.25) is 0 Å². The number of anilines is 2. The van der Waals surface area contributed by atoms with E-state index in [1.54, 1.807) is 24.3 Å². The number of nitrogens with one attached hydrogen (secondary N) is 1. The van der Waals surface area contributed by atoms with Crippen LogP contribution in [0.2, 0.25) is 10.0 Å². The highest BCUT2D eigenvalue weighted by Crippen LogP contribution is 2.30. The van der Waals surface area contributed by atoms with Crippen molar-refractivity contribution in [1.29, 1.82) is 0 Å². The fraction of sp³-hybridized carbons (Fsp3) is 0.125. The number of sulfonamides is 1. The van der Waals surface area contributed by atoms with Gasteiger partial charge in [0.05, 0.1) is 17.3 Å². The Kier molecular flexibility index (Phi) is 7.29. The van der Waals surface area contributed by atoms with Gasteiger partial charge in [-0.3, -0.25) is 9.10 Å². The van der Waals surface area contributed by atoms with Crippen molar-refractivity contribution in [3.05, 3.63) is 100 Å². The Hall–Kier alpha value is -2.80. The fourth-order valence-corrected chi connectivity index (χ4v) is 5.16. The molecule has 3 rings (SSSR count). The van der Waals surface area contributed by atoms with E-state index in [0.717, 1.165) is 15.4 Å². The van der Waals surface area contributed by atoms with Crippen LogP contribution in [0.4, 0.5) is 11.4 Å². The smallest absolute Gasteiger partial charge is 0.266 e. The second-order valence-corrected chi connectivity index (χ2v) is 9.89. The van der Waals surface area contributed by atoms with Crippen molar-refractivity contribution in [2.24, 2.45) is 0 Å². The van der Waals surface area contributed by atoms with Gasteiger partial charge in [-0.1, -0.05) is 41.4 Å². The summed E-state index contributed by atoms with van der Waals surface area (Å²) in [5, 5.41) is 3.33. The van der Waals surface area contributed by atoms with Gasteiger partial charge in [0.15, 0.2) is 0 Å². The van der Waals surface area contributed by atoms with Crippen molar-refractivity contribution in [3.63, 3.8) is 0 Å². The zero-order valence-electron chi connectivity index (χ0n) is 17.6. The van der Waals surface area contributed by atoms with Crippen molar-refractivity contribution in [2.75, 3.05) is 16.2 Å². The number of benzene rings is 3. The van der Waals surface area contributed by atoms with Crippen LogP contribution in [0.1, 0.15) is 21.5 Å². The third-order valence-corrected chi connectivity index (χ3v) is 7.34. The van der Waals surface area contributed by atoms with E-state index in [1.165, 1.54) is 24.3 Å². The van der Waals surface area contributed by atoms with Gasteiger partial charge in [-0.2, -0.15) is 0 Å². The van der Waals surface area contributed by atoms with Crippen LogP contribution in [-0.2, 0) is 10.0 Å². The molecule has 8 heteroatoms.